The molecule has 4 rings (SSSR count). The molecule has 0 aromatic heterocycles. The van der Waals surface area contributed by atoms with E-state index in [1.54, 1.807) is 68.6 Å². The zero-order valence-electron chi connectivity index (χ0n) is 19.3. The van der Waals surface area contributed by atoms with E-state index in [9.17, 15) is 18.0 Å². The van der Waals surface area contributed by atoms with Crippen LogP contribution in [0.2, 0.25) is 0 Å². The molecule has 0 unspecified atom stereocenters. The van der Waals surface area contributed by atoms with Gasteiger partial charge in [-0.3, -0.25) is 14.3 Å². The van der Waals surface area contributed by atoms with Crippen molar-refractivity contribution in [3.05, 3.63) is 83.4 Å². The second kappa shape index (κ2) is 9.30. The zero-order valence-corrected chi connectivity index (χ0v) is 20.1. The predicted molar refractivity (Wildman–Crippen MR) is 134 cm³/mol. The zero-order chi connectivity index (χ0) is 24.5. The summed E-state index contributed by atoms with van der Waals surface area (Å²) in [5.41, 5.74) is 3.13. The van der Waals surface area contributed by atoms with Crippen LogP contribution < -0.4 is 14.9 Å². The maximum absolute atomic E-state index is 13.1. The van der Waals surface area contributed by atoms with Gasteiger partial charge < -0.3 is 10.2 Å². The Morgan fingerprint density at radius 1 is 0.912 bits per heavy atom. The fourth-order valence-corrected chi connectivity index (χ4v) is 5.09. The Kier molecular flexibility index (Phi) is 6.43. The van der Waals surface area contributed by atoms with Crippen LogP contribution in [0.15, 0.2) is 71.6 Å². The molecule has 1 saturated carbocycles. The summed E-state index contributed by atoms with van der Waals surface area (Å²) in [6.45, 7) is 3.58. The molecule has 2 amide bonds. The summed E-state index contributed by atoms with van der Waals surface area (Å²) in [5.74, 6) is -0.414. The van der Waals surface area contributed by atoms with Gasteiger partial charge in [-0.05, 0) is 74.2 Å². The highest BCUT2D eigenvalue weighted by molar-refractivity contribution is 7.92. The van der Waals surface area contributed by atoms with Crippen molar-refractivity contribution in [2.24, 2.45) is 5.92 Å². The third-order valence-electron chi connectivity index (χ3n) is 5.77. The molecular formula is C26H27N3O4S. The van der Waals surface area contributed by atoms with Gasteiger partial charge in [0.05, 0.1) is 16.1 Å². The van der Waals surface area contributed by atoms with Crippen molar-refractivity contribution in [3.8, 4) is 0 Å². The van der Waals surface area contributed by atoms with Gasteiger partial charge in [0.1, 0.15) is 0 Å². The van der Waals surface area contributed by atoms with Crippen molar-refractivity contribution in [1.29, 1.82) is 0 Å². The van der Waals surface area contributed by atoms with Gasteiger partial charge in [0, 0.05) is 24.3 Å². The van der Waals surface area contributed by atoms with E-state index in [1.165, 1.54) is 11.0 Å². The first-order valence-corrected chi connectivity index (χ1v) is 12.5. The van der Waals surface area contributed by atoms with Crippen LogP contribution in [0, 0.1) is 19.8 Å². The Bertz CT molecular complexity index is 1360. The Morgan fingerprint density at radius 2 is 1.65 bits per heavy atom. The van der Waals surface area contributed by atoms with Crippen LogP contribution in [0.1, 0.15) is 34.3 Å². The highest BCUT2D eigenvalue weighted by atomic mass is 32.2. The first-order valence-electron chi connectivity index (χ1n) is 11.0. The lowest BCUT2D eigenvalue weighted by molar-refractivity contribution is -0.119. The molecule has 3 aromatic rings. The van der Waals surface area contributed by atoms with Gasteiger partial charge in [-0.25, -0.2) is 8.42 Å². The maximum atomic E-state index is 13.1. The number of anilines is 3. The van der Waals surface area contributed by atoms with E-state index >= 15 is 0 Å². The van der Waals surface area contributed by atoms with Crippen molar-refractivity contribution in [1.82, 2.24) is 0 Å². The van der Waals surface area contributed by atoms with Crippen molar-refractivity contribution < 1.29 is 18.0 Å². The molecule has 1 aliphatic rings. The molecule has 0 atom stereocenters. The first kappa shape index (κ1) is 23.5. The Hall–Kier alpha value is -3.65. The molecule has 3 aromatic carbocycles. The van der Waals surface area contributed by atoms with E-state index < -0.39 is 15.9 Å². The second-order valence-electron chi connectivity index (χ2n) is 8.60. The van der Waals surface area contributed by atoms with E-state index in [0.717, 1.165) is 18.4 Å². The summed E-state index contributed by atoms with van der Waals surface area (Å²) in [7, 11) is -2.21. The summed E-state index contributed by atoms with van der Waals surface area (Å²) >= 11 is 0. The highest BCUT2D eigenvalue weighted by Crippen LogP contribution is 2.33. The van der Waals surface area contributed by atoms with Gasteiger partial charge in [0.15, 0.2) is 0 Å². The Balaban J connectivity index is 1.58. The minimum Gasteiger partial charge on any atom is -0.322 e. The van der Waals surface area contributed by atoms with Crippen molar-refractivity contribution in [2.75, 3.05) is 22.0 Å². The lowest BCUT2D eigenvalue weighted by Crippen LogP contribution is -2.30. The number of para-hydroxylation sites is 1. The van der Waals surface area contributed by atoms with Crippen LogP contribution >= 0.6 is 0 Å². The molecule has 0 saturated heterocycles. The second-order valence-corrected chi connectivity index (χ2v) is 10.2. The van der Waals surface area contributed by atoms with Crippen LogP contribution in [0.25, 0.3) is 0 Å². The average molecular weight is 478 g/mol. The fraction of sp³-hybridized carbons (Fsp3) is 0.231. The molecular weight excluding hydrogens is 450 g/mol. The number of nitrogens with one attached hydrogen (secondary N) is 2. The van der Waals surface area contributed by atoms with E-state index in [2.05, 4.69) is 10.0 Å². The molecule has 1 aliphatic carbocycles. The standard InChI is InChI=1S/C26H27N3O4S/c1-17-7-6-8-21(15-17)28-34(32,33)24-16-20(14-11-18(24)2)27-25(30)22-9-4-5-10-23(22)29(3)26(31)19-12-13-19/h4-11,14-16,19,28H,12-13H2,1-3H3,(H,27,30). The molecule has 2 N–H and O–H groups in total. The Morgan fingerprint density at radius 3 is 2.35 bits per heavy atom. The van der Waals surface area contributed by atoms with Gasteiger partial charge in [-0.1, -0.05) is 30.3 Å². The van der Waals surface area contributed by atoms with E-state index in [4.69, 9.17) is 0 Å². The number of aryl methyl sites for hydroxylation is 2. The number of hydrogen-bond acceptors (Lipinski definition) is 4. The van der Waals surface area contributed by atoms with Gasteiger partial charge in [0.25, 0.3) is 15.9 Å². The molecule has 0 bridgehead atoms. The summed E-state index contributed by atoms with van der Waals surface area (Å²) in [6.07, 6.45) is 1.74. The van der Waals surface area contributed by atoms with Crippen molar-refractivity contribution in [2.45, 2.75) is 31.6 Å². The molecule has 7 nitrogen and oxygen atoms in total. The number of nitrogens with zero attached hydrogens (tertiary/aromatic N) is 1. The topological polar surface area (TPSA) is 95.6 Å². The summed E-state index contributed by atoms with van der Waals surface area (Å²) in [5, 5.41) is 2.78. The molecule has 34 heavy (non-hydrogen) atoms. The third kappa shape index (κ3) is 5.12. The number of carbonyl (C=O) groups is 2. The van der Waals surface area contributed by atoms with E-state index in [0.29, 0.717) is 28.2 Å². The Labute approximate surface area is 199 Å². The number of amides is 2. The van der Waals surface area contributed by atoms with Crippen LogP contribution in [0.4, 0.5) is 17.1 Å². The third-order valence-corrected chi connectivity index (χ3v) is 7.30. The molecule has 8 heteroatoms. The number of hydrogen-bond donors (Lipinski definition) is 2. The van der Waals surface area contributed by atoms with Gasteiger partial charge in [-0.2, -0.15) is 0 Å². The minimum absolute atomic E-state index is 0.00816. The molecule has 1 fully saturated rings. The molecule has 0 heterocycles. The van der Waals surface area contributed by atoms with E-state index in [1.807, 2.05) is 13.0 Å². The smallest absolute Gasteiger partial charge is 0.262 e. The van der Waals surface area contributed by atoms with E-state index in [-0.39, 0.29) is 16.7 Å². The van der Waals surface area contributed by atoms with Crippen LogP contribution in [0.3, 0.4) is 0 Å². The molecule has 0 aliphatic heterocycles. The van der Waals surface area contributed by atoms with Crippen molar-refractivity contribution in [3.63, 3.8) is 0 Å². The first-order chi connectivity index (χ1) is 16.2. The van der Waals surface area contributed by atoms with Gasteiger partial charge in [0.2, 0.25) is 5.91 Å². The molecule has 0 radical (unpaired) electrons. The summed E-state index contributed by atoms with van der Waals surface area (Å²) in [4.78, 5) is 27.2. The SMILES string of the molecule is Cc1cccc(NS(=O)(=O)c2cc(NC(=O)c3ccccc3N(C)C(=O)C3CC3)ccc2C)c1. The van der Waals surface area contributed by atoms with Gasteiger partial charge in [-0.15, -0.1) is 0 Å². The highest BCUT2D eigenvalue weighted by Gasteiger charge is 2.33. The largest absolute Gasteiger partial charge is 0.322 e. The van der Waals surface area contributed by atoms with Gasteiger partial charge >= 0.3 is 0 Å². The van der Waals surface area contributed by atoms with Crippen LogP contribution in [-0.2, 0) is 14.8 Å². The summed E-state index contributed by atoms with van der Waals surface area (Å²) < 4.78 is 28.7. The fourth-order valence-electron chi connectivity index (χ4n) is 3.77. The maximum Gasteiger partial charge on any atom is 0.262 e. The molecule has 0 spiro atoms. The number of sulfonamides is 1. The van der Waals surface area contributed by atoms with Crippen molar-refractivity contribution >= 4 is 38.9 Å². The predicted octanol–water partition coefficient (Wildman–Crippen LogP) is 4.73. The molecule has 176 valence electrons. The number of carbonyl (C=O) groups excluding carboxylic acids is 2. The lowest BCUT2D eigenvalue weighted by Gasteiger charge is -2.20. The van der Waals surface area contributed by atoms with Crippen LogP contribution in [-0.4, -0.2) is 27.3 Å². The monoisotopic (exact) mass is 477 g/mol. The van der Waals surface area contributed by atoms with Crippen LogP contribution in [0.5, 0.6) is 0 Å². The summed E-state index contributed by atoms with van der Waals surface area (Å²) in [6, 6.07) is 18.7. The normalized spacial score (nSPS) is 13.3. The quantitative estimate of drug-likeness (QED) is 0.514. The number of benzene rings is 3. The average Bonchev–Trinajstić information content (AvgIpc) is 3.64. The minimum atomic E-state index is -3.87. The number of rotatable bonds is 7. The lowest BCUT2D eigenvalue weighted by atomic mass is 10.1.